The third-order valence-electron chi connectivity index (χ3n) is 6.02. The SMILES string of the molecule is C/C=C(F)\C=C(\O[C@@H]1CCOC1)[C@H](C)Nc1ncnc2cc(N=S3(=O)CCC3)c(OC)c(C)c12. The summed E-state index contributed by atoms with van der Waals surface area (Å²) in [7, 11) is -0.647. The van der Waals surface area contributed by atoms with E-state index in [1.807, 2.05) is 13.8 Å². The number of hydrogen-bond donors (Lipinski definition) is 1. The lowest BCUT2D eigenvalue weighted by atomic mass is 10.1. The third-order valence-corrected chi connectivity index (χ3v) is 8.40. The van der Waals surface area contributed by atoms with Gasteiger partial charge in [-0.05, 0) is 33.3 Å². The molecule has 34 heavy (non-hydrogen) atoms. The molecule has 2 aromatic rings. The zero-order chi connectivity index (χ0) is 24.3. The fourth-order valence-electron chi connectivity index (χ4n) is 4.03. The molecule has 1 N–H and O–H groups in total. The lowest BCUT2D eigenvalue weighted by molar-refractivity contribution is 0.0856. The van der Waals surface area contributed by atoms with Crippen molar-refractivity contribution in [2.45, 2.75) is 45.8 Å². The molecule has 0 amide bonds. The summed E-state index contributed by atoms with van der Waals surface area (Å²) in [5, 5.41) is 4.10. The quantitative estimate of drug-likeness (QED) is 0.419. The molecule has 0 aliphatic carbocycles. The van der Waals surface area contributed by atoms with Crippen LogP contribution in [0.1, 0.15) is 32.3 Å². The Morgan fingerprint density at radius 3 is 2.82 bits per heavy atom. The average molecular weight is 491 g/mol. The second-order valence-electron chi connectivity index (χ2n) is 8.49. The number of allylic oxidation sites excluding steroid dienone is 3. The highest BCUT2D eigenvalue weighted by Crippen LogP contribution is 2.40. The first-order valence-corrected chi connectivity index (χ1v) is 13.3. The largest absolute Gasteiger partial charge is 0.494 e. The standard InChI is InChI=1S/C24H31FN4O4S/c1-5-17(25)11-21(33-18-7-8-32-13-18)16(3)28-24-22-15(2)23(31-4)20(12-19(22)26-14-27-24)29-34(30)9-6-10-34/h5,11-12,14,16,18H,6-10,13H2,1-4H3,(H,26,27,28)/b17-5+,21-11+/t16-,18+/m0/s1. The Morgan fingerprint density at radius 2 is 2.21 bits per heavy atom. The Labute approximate surface area is 199 Å². The van der Waals surface area contributed by atoms with Gasteiger partial charge in [0, 0.05) is 35.0 Å². The highest BCUT2D eigenvalue weighted by atomic mass is 32.2. The highest BCUT2D eigenvalue weighted by Gasteiger charge is 2.24. The molecular weight excluding hydrogens is 459 g/mol. The number of hydrogen-bond acceptors (Lipinski definition) is 8. The molecule has 2 aliphatic rings. The smallest absolute Gasteiger partial charge is 0.149 e. The predicted octanol–water partition coefficient (Wildman–Crippen LogP) is 4.81. The molecule has 8 nitrogen and oxygen atoms in total. The summed E-state index contributed by atoms with van der Waals surface area (Å²) in [6, 6.07) is 1.40. The number of ether oxygens (including phenoxy) is 3. The summed E-state index contributed by atoms with van der Waals surface area (Å²) in [4.78, 5) is 8.87. The summed E-state index contributed by atoms with van der Waals surface area (Å²) < 4.78 is 48.5. The molecule has 2 aliphatic heterocycles. The number of nitrogens with zero attached hydrogens (tertiary/aromatic N) is 3. The van der Waals surface area contributed by atoms with E-state index in [9.17, 15) is 8.60 Å². The lowest BCUT2D eigenvalue weighted by Crippen LogP contribution is -2.25. The molecule has 0 bridgehead atoms. The van der Waals surface area contributed by atoms with Gasteiger partial charge in [-0.1, -0.05) is 6.08 Å². The average Bonchev–Trinajstić information content (AvgIpc) is 3.30. The number of aryl methyl sites for hydroxylation is 1. The van der Waals surface area contributed by atoms with Gasteiger partial charge in [0.2, 0.25) is 0 Å². The molecule has 2 atom stereocenters. The zero-order valence-electron chi connectivity index (χ0n) is 20.0. The van der Waals surface area contributed by atoms with Gasteiger partial charge in [-0.3, -0.25) is 0 Å². The first-order chi connectivity index (χ1) is 16.3. The van der Waals surface area contributed by atoms with Gasteiger partial charge in [-0.2, -0.15) is 4.36 Å². The number of fused-ring (bicyclic) bond motifs is 1. The van der Waals surface area contributed by atoms with Crippen LogP contribution in [0.4, 0.5) is 15.9 Å². The molecule has 2 saturated heterocycles. The van der Waals surface area contributed by atoms with Gasteiger partial charge in [0.1, 0.15) is 41.3 Å². The Hall–Kier alpha value is -2.72. The normalized spacial score (nSPS) is 21.1. The third kappa shape index (κ3) is 5.17. The molecule has 0 unspecified atom stereocenters. The Balaban J connectivity index is 1.71. The van der Waals surface area contributed by atoms with Gasteiger partial charge in [0.05, 0.1) is 41.6 Å². The molecule has 184 valence electrons. The van der Waals surface area contributed by atoms with Crippen LogP contribution in [0.15, 0.2) is 40.5 Å². The van der Waals surface area contributed by atoms with Crippen LogP contribution in [0.2, 0.25) is 0 Å². The molecule has 4 rings (SSSR count). The molecule has 10 heteroatoms. The molecule has 3 heterocycles. The van der Waals surface area contributed by atoms with E-state index in [-0.39, 0.29) is 18.0 Å². The second-order valence-corrected chi connectivity index (χ2v) is 11.0. The molecule has 0 radical (unpaired) electrons. The predicted molar refractivity (Wildman–Crippen MR) is 132 cm³/mol. The van der Waals surface area contributed by atoms with Crippen molar-refractivity contribution >= 4 is 32.1 Å². The van der Waals surface area contributed by atoms with Gasteiger partial charge in [-0.25, -0.2) is 18.6 Å². The Morgan fingerprint density at radius 1 is 1.41 bits per heavy atom. The number of aromatic nitrogens is 2. The maximum atomic E-state index is 14.2. The van der Waals surface area contributed by atoms with E-state index in [1.165, 1.54) is 18.5 Å². The number of rotatable bonds is 8. The van der Waals surface area contributed by atoms with Gasteiger partial charge >= 0.3 is 0 Å². The molecule has 0 spiro atoms. The van der Waals surface area contributed by atoms with Crippen molar-refractivity contribution in [1.29, 1.82) is 0 Å². The summed E-state index contributed by atoms with van der Waals surface area (Å²) in [6.07, 6.45) is 5.78. The van der Waals surface area contributed by atoms with E-state index in [0.717, 1.165) is 23.8 Å². The van der Waals surface area contributed by atoms with Crippen LogP contribution in [0.3, 0.4) is 0 Å². The number of halogens is 1. The van der Waals surface area contributed by atoms with E-state index in [1.54, 1.807) is 20.1 Å². The van der Waals surface area contributed by atoms with E-state index in [4.69, 9.17) is 14.2 Å². The van der Waals surface area contributed by atoms with Crippen LogP contribution in [-0.4, -0.2) is 58.2 Å². The first-order valence-electron chi connectivity index (χ1n) is 11.4. The minimum Gasteiger partial charge on any atom is -0.494 e. The van der Waals surface area contributed by atoms with E-state index < -0.39 is 9.73 Å². The van der Waals surface area contributed by atoms with Gasteiger partial charge in [0.25, 0.3) is 0 Å². The summed E-state index contributed by atoms with van der Waals surface area (Å²) in [5.74, 6) is 2.38. The summed E-state index contributed by atoms with van der Waals surface area (Å²) in [5.41, 5.74) is 1.97. The molecular formula is C24H31FN4O4S. The van der Waals surface area contributed by atoms with E-state index >= 15 is 0 Å². The Kier molecular flexibility index (Phi) is 7.37. The van der Waals surface area contributed by atoms with Gasteiger partial charge < -0.3 is 19.5 Å². The lowest BCUT2D eigenvalue weighted by Gasteiger charge is -2.23. The van der Waals surface area contributed by atoms with Crippen LogP contribution in [0.25, 0.3) is 10.9 Å². The number of nitrogens with one attached hydrogen (secondary N) is 1. The fourth-order valence-corrected chi connectivity index (χ4v) is 5.49. The van der Waals surface area contributed by atoms with Crippen molar-refractivity contribution in [3.63, 3.8) is 0 Å². The van der Waals surface area contributed by atoms with Gasteiger partial charge in [0.15, 0.2) is 0 Å². The molecule has 0 saturated carbocycles. The monoisotopic (exact) mass is 490 g/mol. The number of benzene rings is 1. The summed E-state index contributed by atoms with van der Waals surface area (Å²) in [6.45, 7) is 6.52. The topological polar surface area (TPSA) is 94.9 Å². The van der Waals surface area contributed by atoms with Crippen LogP contribution in [0.5, 0.6) is 5.75 Å². The minimum atomic E-state index is -2.22. The minimum absolute atomic E-state index is 0.123. The second kappa shape index (κ2) is 10.3. The van der Waals surface area contributed by atoms with Crippen molar-refractivity contribution in [1.82, 2.24) is 9.97 Å². The fraction of sp³-hybridized carbons (Fsp3) is 0.500. The highest BCUT2D eigenvalue weighted by molar-refractivity contribution is 7.95. The van der Waals surface area contributed by atoms with Crippen LogP contribution in [0, 0.1) is 6.92 Å². The molecule has 2 fully saturated rings. The maximum absolute atomic E-state index is 14.2. The van der Waals surface area contributed by atoms with Gasteiger partial charge in [-0.15, -0.1) is 0 Å². The van der Waals surface area contributed by atoms with E-state index in [0.29, 0.717) is 53.3 Å². The Bertz CT molecular complexity index is 1240. The van der Waals surface area contributed by atoms with Crippen LogP contribution >= 0.6 is 0 Å². The number of methoxy groups -OCH3 is 1. The van der Waals surface area contributed by atoms with Crippen LogP contribution in [-0.2, 0) is 19.2 Å². The van der Waals surface area contributed by atoms with E-state index in [2.05, 4.69) is 19.6 Å². The maximum Gasteiger partial charge on any atom is 0.149 e. The molecule has 1 aromatic carbocycles. The van der Waals surface area contributed by atoms with Crippen molar-refractivity contribution in [2.75, 3.05) is 37.1 Å². The molecule has 1 aromatic heterocycles. The zero-order valence-corrected chi connectivity index (χ0v) is 20.8. The first kappa shape index (κ1) is 24.4. The number of anilines is 1. The summed E-state index contributed by atoms with van der Waals surface area (Å²) >= 11 is 0. The van der Waals surface area contributed by atoms with Crippen LogP contribution < -0.4 is 10.1 Å². The van der Waals surface area contributed by atoms with Crippen molar-refractivity contribution < 1.29 is 22.8 Å². The van der Waals surface area contributed by atoms with Crippen molar-refractivity contribution in [3.05, 3.63) is 41.7 Å². The van der Waals surface area contributed by atoms with Crippen molar-refractivity contribution in [2.24, 2.45) is 4.36 Å². The van der Waals surface area contributed by atoms with Crippen molar-refractivity contribution in [3.8, 4) is 5.75 Å².